The topological polar surface area (TPSA) is 78.4 Å². The maximum absolute atomic E-state index is 14.9. The number of carboxylic acid groups (broad SMARTS) is 1. The molecule has 0 fully saturated rings. The molecule has 0 unspecified atom stereocenters. The zero-order valence-corrected chi connectivity index (χ0v) is 31.0. The van der Waals surface area contributed by atoms with Gasteiger partial charge in [0.05, 0.1) is 16.3 Å². The molecule has 0 bridgehead atoms. The van der Waals surface area contributed by atoms with Crippen LogP contribution in [0.25, 0.3) is 0 Å². The van der Waals surface area contributed by atoms with Crippen LogP contribution in [0, 0.1) is 5.92 Å². The average molecular weight is 719 g/mol. The van der Waals surface area contributed by atoms with Crippen molar-refractivity contribution in [2.24, 2.45) is 5.92 Å². The first-order valence-electron chi connectivity index (χ1n) is 18.1. The number of carbonyl (C=O) groups excluding carboxylic acids is 1. The molecule has 268 valence electrons. The van der Waals surface area contributed by atoms with Crippen molar-refractivity contribution in [3.8, 4) is 0 Å². The van der Waals surface area contributed by atoms with E-state index in [1.54, 1.807) is 11.8 Å². The van der Waals surface area contributed by atoms with Gasteiger partial charge in [-0.1, -0.05) is 196 Å². The van der Waals surface area contributed by atoms with E-state index in [1.165, 1.54) is 0 Å². The molecular formula is C47H46N2O3S. The largest absolute Gasteiger partial charge is 0.480 e. The second-order valence-corrected chi connectivity index (χ2v) is 14.9. The van der Waals surface area contributed by atoms with Crippen LogP contribution in [-0.4, -0.2) is 34.8 Å². The van der Waals surface area contributed by atoms with Crippen LogP contribution in [0.5, 0.6) is 0 Å². The van der Waals surface area contributed by atoms with Crippen LogP contribution in [0.4, 0.5) is 0 Å². The fourth-order valence-corrected chi connectivity index (χ4v) is 8.76. The van der Waals surface area contributed by atoms with E-state index in [1.807, 2.05) is 123 Å². The van der Waals surface area contributed by atoms with Crippen molar-refractivity contribution >= 4 is 23.6 Å². The zero-order valence-electron chi connectivity index (χ0n) is 30.1. The Morgan fingerprint density at radius 1 is 0.528 bits per heavy atom. The van der Waals surface area contributed by atoms with Crippen LogP contribution in [0.1, 0.15) is 53.6 Å². The molecule has 0 radical (unpaired) electrons. The molecule has 6 aromatic carbocycles. The van der Waals surface area contributed by atoms with E-state index >= 15 is 0 Å². The Bertz CT molecular complexity index is 1830. The Kier molecular flexibility index (Phi) is 12.2. The molecule has 53 heavy (non-hydrogen) atoms. The zero-order chi connectivity index (χ0) is 37.1. The van der Waals surface area contributed by atoms with Gasteiger partial charge in [-0.25, -0.2) is 4.79 Å². The van der Waals surface area contributed by atoms with Gasteiger partial charge in [0.1, 0.15) is 6.04 Å². The number of carbonyl (C=O) groups is 2. The third-order valence-electron chi connectivity index (χ3n) is 9.66. The molecule has 6 aromatic rings. The van der Waals surface area contributed by atoms with E-state index in [-0.39, 0.29) is 11.8 Å². The Labute approximate surface area is 317 Å². The molecule has 6 heteroatoms. The van der Waals surface area contributed by atoms with Gasteiger partial charge in [-0.3, -0.25) is 10.1 Å². The number of hydrogen-bond acceptors (Lipinski definition) is 4. The van der Waals surface area contributed by atoms with Gasteiger partial charge in [-0.05, 0) is 45.7 Å². The van der Waals surface area contributed by atoms with Crippen molar-refractivity contribution < 1.29 is 14.7 Å². The van der Waals surface area contributed by atoms with Gasteiger partial charge >= 0.3 is 5.97 Å². The lowest BCUT2D eigenvalue weighted by atomic mass is 9.76. The van der Waals surface area contributed by atoms with Crippen molar-refractivity contribution in [3.05, 3.63) is 215 Å². The predicted octanol–water partition coefficient (Wildman–Crippen LogP) is 9.28. The fourth-order valence-electron chi connectivity index (χ4n) is 7.20. The quantitative estimate of drug-likeness (QED) is 0.0870. The number of hydrogen-bond donors (Lipinski definition) is 3. The van der Waals surface area contributed by atoms with Gasteiger partial charge in [0.15, 0.2) is 0 Å². The summed E-state index contributed by atoms with van der Waals surface area (Å²) in [6.07, 6.45) is 0.310. The number of thioether (sulfide) groups is 1. The van der Waals surface area contributed by atoms with Crippen molar-refractivity contribution in [2.75, 3.05) is 5.75 Å². The molecule has 5 nitrogen and oxygen atoms in total. The highest BCUT2D eigenvalue weighted by atomic mass is 32.2. The van der Waals surface area contributed by atoms with E-state index < -0.39 is 28.3 Å². The lowest BCUT2D eigenvalue weighted by Gasteiger charge is -2.41. The maximum atomic E-state index is 14.9. The lowest BCUT2D eigenvalue weighted by Crippen LogP contribution is -2.58. The normalized spacial score (nSPS) is 12.9. The third-order valence-corrected chi connectivity index (χ3v) is 11.3. The van der Waals surface area contributed by atoms with Gasteiger partial charge in [0, 0.05) is 5.75 Å². The first-order valence-corrected chi connectivity index (χ1v) is 19.1. The summed E-state index contributed by atoms with van der Waals surface area (Å²) in [5.74, 6) is -1.06. The van der Waals surface area contributed by atoms with Crippen molar-refractivity contribution in [1.29, 1.82) is 0 Å². The highest BCUT2D eigenvalue weighted by Gasteiger charge is 2.43. The number of rotatable bonds is 16. The molecule has 0 aliphatic carbocycles. The van der Waals surface area contributed by atoms with E-state index in [0.717, 1.165) is 33.4 Å². The summed E-state index contributed by atoms with van der Waals surface area (Å²) in [6.45, 7) is 3.93. The SMILES string of the molecule is CC(C)C[C@H](NC(=O)[C@H](CSC(c1ccccc1)(c1ccccc1)c1ccccc1)NC(c1ccccc1)(c1ccccc1)c1ccccc1)C(=O)O. The summed E-state index contributed by atoms with van der Waals surface area (Å²) < 4.78 is -0.705. The lowest BCUT2D eigenvalue weighted by molar-refractivity contribution is -0.142. The van der Waals surface area contributed by atoms with E-state index in [2.05, 4.69) is 83.4 Å². The molecule has 0 spiro atoms. The number of benzene rings is 6. The van der Waals surface area contributed by atoms with E-state index in [9.17, 15) is 14.7 Å². The fraction of sp³-hybridized carbons (Fsp3) is 0.191. The Hall–Kier alpha value is -5.43. The molecule has 0 aliphatic heterocycles. The van der Waals surface area contributed by atoms with Gasteiger partial charge in [-0.2, -0.15) is 0 Å². The molecule has 6 rings (SSSR count). The molecule has 0 saturated heterocycles. The molecular weight excluding hydrogens is 673 g/mol. The second kappa shape index (κ2) is 17.4. The van der Waals surface area contributed by atoms with E-state index in [0.29, 0.717) is 12.2 Å². The van der Waals surface area contributed by atoms with Gasteiger partial charge in [0.25, 0.3) is 0 Å². The van der Waals surface area contributed by atoms with Crippen LogP contribution < -0.4 is 10.6 Å². The average Bonchev–Trinajstić information content (AvgIpc) is 3.21. The molecule has 0 aromatic heterocycles. The summed E-state index contributed by atoms with van der Waals surface area (Å²) >= 11 is 1.67. The van der Waals surface area contributed by atoms with Crippen molar-refractivity contribution in [1.82, 2.24) is 10.6 Å². The highest BCUT2D eigenvalue weighted by molar-refractivity contribution is 8.00. The van der Waals surface area contributed by atoms with Crippen LogP contribution in [-0.2, 0) is 19.9 Å². The summed E-state index contributed by atoms with van der Waals surface area (Å²) in [5, 5.41) is 17.2. The summed E-state index contributed by atoms with van der Waals surface area (Å²) in [7, 11) is 0. The molecule has 1 amide bonds. The first-order chi connectivity index (χ1) is 25.8. The number of aliphatic carboxylic acids is 1. The smallest absolute Gasteiger partial charge is 0.326 e. The van der Waals surface area contributed by atoms with Gasteiger partial charge in [0.2, 0.25) is 5.91 Å². The van der Waals surface area contributed by atoms with Crippen LogP contribution in [0.3, 0.4) is 0 Å². The second-order valence-electron chi connectivity index (χ2n) is 13.7. The van der Waals surface area contributed by atoms with Crippen LogP contribution in [0.2, 0.25) is 0 Å². The Balaban J connectivity index is 1.55. The van der Waals surface area contributed by atoms with Gasteiger partial charge in [-0.15, -0.1) is 11.8 Å². The summed E-state index contributed by atoms with van der Waals surface area (Å²) in [4.78, 5) is 27.5. The minimum Gasteiger partial charge on any atom is -0.480 e. The molecule has 0 heterocycles. The molecule has 0 aliphatic rings. The minimum atomic E-state index is -1.05. The molecule has 3 N–H and O–H groups in total. The number of amides is 1. The number of nitrogens with one attached hydrogen (secondary N) is 2. The molecule has 0 saturated carbocycles. The summed E-state index contributed by atoms with van der Waals surface area (Å²) in [5.41, 5.74) is 5.12. The first kappa shape index (κ1) is 37.3. The van der Waals surface area contributed by atoms with Crippen molar-refractivity contribution in [2.45, 2.75) is 42.6 Å². The van der Waals surface area contributed by atoms with Crippen LogP contribution in [0.15, 0.2) is 182 Å². The van der Waals surface area contributed by atoms with Gasteiger partial charge < -0.3 is 10.4 Å². The Morgan fingerprint density at radius 3 is 1.15 bits per heavy atom. The standard InChI is InChI=1S/C47H46N2O3S/c1-35(2)33-42(45(51)52)48-44(50)43(49-46(36-21-9-3-10-22-36,37-23-11-4-12-24-37)38-25-13-5-14-26-38)34-53-47(39-27-15-6-16-28-39,40-29-17-7-18-30-40)41-31-19-8-20-32-41/h3-32,35,42-43,49H,33-34H2,1-2H3,(H,48,50)(H,51,52)/t42-,43-/m0/s1. The highest BCUT2D eigenvalue weighted by Crippen LogP contribution is 2.49. The van der Waals surface area contributed by atoms with Crippen molar-refractivity contribution in [3.63, 3.8) is 0 Å². The monoisotopic (exact) mass is 718 g/mol. The third kappa shape index (κ3) is 8.30. The minimum absolute atomic E-state index is 0.0659. The molecule has 2 atom stereocenters. The predicted molar refractivity (Wildman–Crippen MR) is 217 cm³/mol. The maximum Gasteiger partial charge on any atom is 0.326 e. The number of carboxylic acids is 1. The van der Waals surface area contributed by atoms with Crippen LogP contribution >= 0.6 is 11.8 Å². The van der Waals surface area contributed by atoms with E-state index in [4.69, 9.17) is 0 Å². The Morgan fingerprint density at radius 2 is 0.849 bits per heavy atom. The summed E-state index contributed by atoms with van der Waals surface area (Å²) in [6, 6.07) is 59.8.